The van der Waals surface area contributed by atoms with Crippen molar-refractivity contribution in [2.75, 3.05) is 20.2 Å². The molecule has 316 valence electrons. The van der Waals surface area contributed by atoms with Gasteiger partial charge in [0.05, 0.1) is 55.0 Å². The molecule has 3 fully saturated rings. The molecule has 1 spiro atoms. The van der Waals surface area contributed by atoms with Crippen molar-refractivity contribution in [3.63, 3.8) is 0 Å². The van der Waals surface area contributed by atoms with Crippen LogP contribution in [0.15, 0.2) is 73.1 Å². The Bertz CT molecular complexity index is 2510. The summed E-state index contributed by atoms with van der Waals surface area (Å²) in [6.07, 6.45) is 6.99. The lowest BCUT2D eigenvalue weighted by atomic mass is 9.85. The number of ether oxygens (including phenoxy) is 1. The Hall–Kier alpha value is -6.49. The van der Waals surface area contributed by atoms with E-state index in [1.54, 1.807) is 11.1 Å². The van der Waals surface area contributed by atoms with Crippen molar-refractivity contribution in [1.82, 2.24) is 40.4 Å². The van der Waals surface area contributed by atoms with Crippen LogP contribution in [0.4, 0.5) is 4.79 Å². The van der Waals surface area contributed by atoms with Gasteiger partial charge in [-0.25, -0.2) is 14.8 Å². The van der Waals surface area contributed by atoms with E-state index in [4.69, 9.17) is 9.72 Å². The lowest BCUT2D eigenvalue weighted by Crippen LogP contribution is -2.52. The van der Waals surface area contributed by atoms with E-state index >= 15 is 0 Å². The maximum atomic E-state index is 13.9. The van der Waals surface area contributed by atoms with Crippen LogP contribution in [0.2, 0.25) is 0 Å². The average Bonchev–Trinajstić information content (AvgIpc) is 3.75. The lowest BCUT2D eigenvalue weighted by molar-refractivity contribution is -0.138. The van der Waals surface area contributed by atoms with Gasteiger partial charge in [0.2, 0.25) is 18.2 Å². The molecule has 2 aliphatic heterocycles. The molecule has 4 amide bonds. The van der Waals surface area contributed by atoms with E-state index < -0.39 is 29.6 Å². The van der Waals surface area contributed by atoms with Gasteiger partial charge in [-0.3, -0.25) is 14.4 Å². The molecule has 2 aromatic heterocycles. The number of rotatable bonds is 11. The van der Waals surface area contributed by atoms with Crippen LogP contribution in [0.3, 0.4) is 0 Å². The molecule has 2 saturated heterocycles. The molecule has 8 rings (SSSR count). The number of amides is 4. The van der Waals surface area contributed by atoms with E-state index in [2.05, 4.69) is 80.2 Å². The van der Waals surface area contributed by atoms with Gasteiger partial charge in [0, 0.05) is 18.7 Å². The van der Waals surface area contributed by atoms with Crippen LogP contribution in [0, 0.1) is 34.0 Å². The predicted molar refractivity (Wildman–Crippen MR) is 230 cm³/mol. The summed E-state index contributed by atoms with van der Waals surface area (Å²) in [5.74, 6) is 0.563. The number of nitrogens with one attached hydrogen (secondary N) is 4. The highest BCUT2D eigenvalue weighted by atomic mass is 16.5. The zero-order valence-electron chi connectivity index (χ0n) is 35.5. The Labute approximate surface area is 355 Å². The summed E-state index contributed by atoms with van der Waals surface area (Å²) in [5.41, 5.74) is 5.32. The first-order valence-corrected chi connectivity index (χ1v) is 21.0. The number of methoxy groups -OCH3 is 1. The molecule has 3 aliphatic rings. The summed E-state index contributed by atoms with van der Waals surface area (Å²) in [4.78, 5) is 71.1. The molecule has 0 radical (unpaired) electrons. The number of alkyl carbamates (subject to hydrolysis) is 1. The molecule has 5 atom stereocenters. The molecule has 14 heteroatoms. The molecule has 1 aliphatic carbocycles. The van der Waals surface area contributed by atoms with E-state index in [1.165, 1.54) is 7.11 Å². The van der Waals surface area contributed by atoms with E-state index in [0.717, 1.165) is 69.5 Å². The van der Waals surface area contributed by atoms with Gasteiger partial charge in [0.25, 0.3) is 0 Å². The van der Waals surface area contributed by atoms with Crippen molar-refractivity contribution in [2.24, 2.45) is 22.7 Å². The molecule has 1 saturated carbocycles. The fraction of sp³-hybridized carbons (Fsp3) is 0.426. The van der Waals surface area contributed by atoms with Gasteiger partial charge in [0.1, 0.15) is 23.7 Å². The highest BCUT2D eigenvalue weighted by Gasteiger charge is 2.55. The highest BCUT2D eigenvalue weighted by Crippen LogP contribution is 2.58. The van der Waals surface area contributed by atoms with Crippen molar-refractivity contribution in [1.29, 1.82) is 5.26 Å². The fourth-order valence-corrected chi connectivity index (χ4v) is 9.05. The third kappa shape index (κ3) is 8.21. The van der Waals surface area contributed by atoms with Gasteiger partial charge >= 0.3 is 6.09 Å². The number of nitrogens with zero attached hydrogens (tertiary/aromatic N) is 5. The Balaban J connectivity index is 0.968. The number of carbonyl (C=O) groups excluding carboxylic acids is 4. The van der Waals surface area contributed by atoms with Gasteiger partial charge < -0.3 is 35.1 Å². The number of aromatic nitrogens is 4. The molecule has 5 aromatic rings. The van der Waals surface area contributed by atoms with Gasteiger partial charge in [0.15, 0.2) is 0 Å². The van der Waals surface area contributed by atoms with Crippen LogP contribution in [-0.2, 0) is 19.1 Å². The quantitative estimate of drug-likeness (QED) is 0.0999. The second-order valence-corrected chi connectivity index (χ2v) is 18.4. The first kappa shape index (κ1) is 41.3. The first-order valence-electron chi connectivity index (χ1n) is 21.0. The molecule has 14 nitrogen and oxygen atoms in total. The number of likely N-dealkylation sites (tertiary alicyclic amines) is 2. The summed E-state index contributed by atoms with van der Waals surface area (Å²) in [6.45, 7) is 10.5. The number of hydrogen-bond donors (Lipinski definition) is 4. The Morgan fingerprint density at radius 3 is 2.05 bits per heavy atom. The van der Waals surface area contributed by atoms with E-state index in [0.29, 0.717) is 25.2 Å². The van der Waals surface area contributed by atoms with Gasteiger partial charge in [-0.15, -0.1) is 0 Å². The van der Waals surface area contributed by atoms with Gasteiger partial charge in [-0.2, -0.15) is 5.26 Å². The molecule has 3 aromatic carbocycles. The number of benzene rings is 3. The molecule has 0 unspecified atom stereocenters. The number of H-pyrrole nitrogens is 2. The van der Waals surface area contributed by atoms with Crippen LogP contribution in [0.5, 0.6) is 0 Å². The summed E-state index contributed by atoms with van der Waals surface area (Å²) in [7, 11) is 1.30. The van der Waals surface area contributed by atoms with E-state index in [-0.39, 0.29) is 41.7 Å². The molecule has 4 N–H and O–H groups in total. The van der Waals surface area contributed by atoms with Crippen LogP contribution in [0.25, 0.3) is 44.4 Å². The summed E-state index contributed by atoms with van der Waals surface area (Å²) in [6, 6.07) is 21.2. The first-order chi connectivity index (χ1) is 29.2. The SMILES string of the molecule is COC(=O)N[C@H](C(=O)N1CC2(CC2)C[C@H]1c1ncc(-c2ccc3cc(-c4ccc(-c5cnc([C@@H]6C[C@H](C#N)CN6C(=O)[C@@H](NC=O)C(C)(C)C)[nH]5)cc4)ccc3c2)[nH]1)C(C)C. The number of hydrogen-bond acceptors (Lipinski definition) is 8. The number of fused-ring (bicyclic) bond motifs is 1. The van der Waals surface area contributed by atoms with Crippen molar-refractivity contribution >= 4 is 35.1 Å². The Morgan fingerprint density at radius 1 is 0.869 bits per heavy atom. The summed E-state index contributed by atoms with van der Waals surface area (Å²) in [5, 5.41) is 17.4. The number of carbonyl (C=O) groups is 4. The number of aromatic amines is 2. The van der Waals surface area contributed by atoms with Crippen molar-refractivity contribution in [2.45, 2.75) is 84.5 Å². The van der Waals surface area contributed by atoms with E-state index in [1.807, 2.05) is 57.8 Å². The van der Waals surface area contributed by atoms with Crippen LogP contribution in [0.1, 0.15) is 84.0 Å². The van der Waals surface area contributed by atoms with Crippen molar-refractivity contribution in [3.8, 4) is 39.7 Å². The zero-order chi connectivity index (χ0) is 43.2. The minimum absolute atomic E-state index is 0.111. The third-order valence-corrected chi connectivity index (χ3v) is 12.8. The van der Waals surface area contributed by atoms with E-state index in [9.17, 15) is 24.4 Å². The second-order valence-electron chi connectivity index (χ2n) is 18.4. The second kappa shape index (κ2) is 16.2. The lowest BCUT2D eigenvalue weighted by Gasteiger charge is -2.34. The normalized spacial score (nSPS) is 20.4. The summed E-state index contributed by atoms with van der Waals surface area (Å²) >= 11 is 0. The van der Waals surface area contributed by atoms with Gasteiger partial charge in [-0.05, 0) is 82.0 Å². The number of imidazole rings is 2. The maximum Gasteiger partial charge on any atom is 0.407 e. The molecular formula is C47H53N9O5. The smallest absolute Gasteiger partial charge is 0.407 e. The Morgan fingerprint density at radius 2 is 1.46 bits per heavy atom. The monoisotopic (exact) mass is 823 g/mol. The third-order valence-electron chi connectivity index (χ3n) is 12.8. The van der Waals surface area contributed by atoms with Crippen molar-refractivity contribution in [3.05, 3.63) is 84.7 Å². The van der Waals surface area contributed by atoms with Crippen LogP contribution >= 0.6 is 0 Å². The topological polar surface area (TPSA) is 189 Å². The maximum absolute atomic E-state index is 13.9. The van der Waals surface area contributed by atoms with Crippen molar-refractivity contribution < 1.29 is 23.9 Å². The highest BCUT2D eigenvalue weighted by molar-refractivity contribution is 5.91. The van der Waals surface area contributed by atoms with Crippen LogP contribution < -0.4 is 10.6 Å². The molecular weight excluding hydrogens is 771 g/mol. The van der Waals surface area contributed by atoms with Crippen LogP contribution in [-0.4, -0.2) is 86.3 Å². The fourth-order valence-electron chi connectivity index (χ4n) is 9.05. The molecule has 0 bridgehead atoms. The van der Waals surface area contributed by atoms with Gasteiger partial charge in [-0.1, -0.05) is 83.1 Å². The largest absolute Gasteiger partial charge is 0.453 e. The Kier molecular flexibility index (Phi) is 10.9. The standard InChI is InChI=1S/C47H53N9O5/c1-27(2)39(54-45(60)61-6)43(58)56-25-47(15-16-47)20-38(56)42-50-23-36(53-42)34-14-13-32-18-31(11-12-33(32)19-34)29-7-9-30(10-8-29)35-22-49-41(52-35)37-17-28(21-48)24-55(37)44(59)40(51-26-57)46(3,4)5/h7-14,18-19,22-23,26-28,37-40H,15-17,20,24-25H2,1-6H3,(H,49,52)(H,50,53)(H,51,57)(H,54,60)/t28-,37+,38+,39+,40-/m1/s1. The molecule has 61 heavy (non-hydrogen) atoms. The molecule has 4 heterocycles. The zero-order valence-corrected chi connectivity index (χ0v) is 35.5. The summed E-state index contributed by atoms with van der Waals surface area (Å²) < 4.78 is 4.82. The number of nitriles is 1. The average molecular weight is 824 g/mol. The predicted octanol–water partition coefficient (Wildman–Crippen LogP) is 7.30. The minimum atomic E-state index is -0.736. The minimum Gasteiger partial charge on any atom is -0.453 e.